The van der Waals surface area contributed by atoms with Crippen molar-refractivity contribution in [2.45, 2.75) is 38.6 Å². The van der Waals surface area contributed by atoms with E-state index in [2.05, 4.69) is 29.6 Å². The van der Waals surface area contributed by atoms with Crippen molar-refractivity contribution in [1.29, 1.82) is 0 Å². The lowest BCUT2D eigenvalue weighted by atomic mass is 9.89. The molecule has 0 aromatic heterocycles. The van der Waals surface area contributed by atoms with Gasteiger partial charge in [0, 0.05) is 18.5 Å². The normalized spacial score (nSPS) is 11.0. The molecule has 0 aliphatic carbocycles. The average molecular weight is 361 g/mol. The van der Waals surface area contributed by atoms with Gasteiger partial charge in [-0.3, -0.25) is 4.79 Å². The van der Waals surface area contributed by atoms with Gasteiger partial charge in [0.2, 0.25) is 5.91 Å². The second-order valence-corrected chi connectivity index (χ2v) is 7.21. The molecule has 4 heteroatoms. The summed E-state index contributed by atoms with van der Waals surface area (Å²) in [7, 11) is 0. The number of nitrogens with two attached hydrogens (primary N) is 1. The van der Waals surface area contributed by atoms with E-state index in [0.717, 1.165) is 12.8 Å². The largest absolute Gasteiger partial charge is 0.354 e. The highest BCUT2D eigenvalue weighted by molar-refractivity contribution is 5.85. The summed E-state index contributed by atoms with van der Waals surface area (Å²) < 4.78 is 0. The van der Waals surface area contributed by atoms with E-state index < -0.39 is 0 Å². The zero-order valence-corrected chi connectivity index (χ0v) is 15.9. The number of rotatable bonds is 8. The zero-order chi connectivity index (χ0) is 17.4. The number of amides is 1. The van der Waals surface area contributed by atoms with Crippen LogP contribution in [-0.4, -0.2) is 18.0 Å². The van der Waals surface area contributed by atoms with Gasteiger partial charge in [-0.25, -0.2) is 0 Å². The Hall–Kier alpha value is -1.84. The molecule has 1 amide bonds. The third-order valence-electron chi connectivity index (χ3n) is 3.95. The predicted molar refractivity (Wildman–Crippen MR) is 107 cm³/mol. The van der Waals surface area contributed by atoms with Crippen LogP contribution in [0.15, 0.2) is 60.7 Å². The quantitative estimate of drug-likeness (QED) is 0.753. The number of carbonyl (C=O) groups excluding carboxylic acids is 1. The van der Waals surface area contributed by atoms with E-state index in [9.17, 15) is 4.79 Å². The maximum atomic E-state index is 12.3. The second-order valence-electron chi connectivity index (χ2n) is 7.21. The van der Waals surface area contributed by atoms with Gasteiger partial charge in [0.25, 0.3) is 0 Å². The molecule has 0 aliphatic heterocycles. The number of halogens is 1. The molecule has 0 fully saturated rings. The third kappa shape index (κ3) is 8.71. The molecule has 0 unspecified atom stereocenters. The summed E-state index contributed by atoms with van der Waals surface area (Å²) in [5, 5.41) is 2.96. The van der Waals surface area contributed by atoms with Crippen LogP contribution in [0.2, 0.25) is 0 Å². The van der Waals surface area contributed by atoms with E-state index in [-0.39, 0.29) is 29.8 Å². The van der Waals surface area contributed by atoms with Crippen molar-refractivity contribution >= 4 is 18.3 Å². The van der Waals surface area contributed by atoms with Gasteiger partial charge in [0.1, 0.15) is 0 Å². The molecule has 0 radical (unpaired) electrons. The Labute approximate surface area is 157 Å². The maximum absolute atomic E-state index is 12.3. The molecule has 0 heterocycles. The lowest BCUT2D eigenvalue weighted by Gasteiger charge is -2.21. The molecule has 0 atom stereocenters. The molecule has 3 N–H and O–H groups in total. The molecule has 0 bridgehead atoms. The standard InChI is InChI=1S/C21H28N2O.ClH/c1-21(2,22)16-23-20(24)15-19(13-17-9-5-3-6-10-17)14-18-11-7-4-8-12-18;/h3-12,19H,13-16,22H2,1-2H3,(H,23,24);1H. The summed E-state index contributed by atoms with van der Waals surface area (Å²) in [5.74, 6) is 0.348. The third-order valence-corrected chi connectivity index (χ3v) is 3.95. The van der Waals surface area contributed by atoms with Crippen molar-refractivity contribution in [3.63, 3.8) is 0 Å². The summed E-state index contributed by atoms with van der Waals surface area (Å²) in [6.45, 7) is 4.33. The molecular weight excluding hydrogens is 332 g/mol. The van der Waals surface area contributed by atoms with Crippen molar-refractivity contribution in [3.05, 3.63) is 71.8 Å². The van der Waals surface area contributed by atoms with Crippen LogP contribution in [0, 0.1) is 5.92 Å². The molecule has 0 aliphatic rings. The van der Waals surface area contributed by atoms with Crippen LogP contribution in [0.1, 0.15) is 31.4 Å². The van der Waals surface area contributed by atoms with Crippen LogP contribution in [0.4, 0.5) is 0 Å². The topological polar surface area (TPSA) is 55.1 Å². The van der Waals surface area contributed by atoms with E-state index in [1.807, 2.05) is 50.2 Å². The van der Waals surface area contributed by atoms with Crippen LogP contribution >= 0.6 is 12.4 Å². The Kier molecular flexibility index (Phi) is 8.67. The Balaban J connectivity index is 0.00000312. The molecular formula is C21H29ClN2O. The van der Waals surface area contributed by atoms with Crippen molar-refractivity contribution < 1.29 is 4.79 Å². The SMILES string of the molecule is CC(C)(N)CNC(=O)CC(Cc1ccccc1)Cc1ccccc1.Cl. The number of benzene rings is 2. The first kappa shape index (κ1) is 21.2. The van der Waals surface area contributed by atoms with Gasteiger partial charge in [0.05, 0.1) is 0 Å². The Bertz CT molecular complexity index is 582. The van der Waals surface area contributed by atoms with Crippen molar-refractivity contribution in [2.24, 2.45) is 11.7 Å². The van der Waals surface area contributed by atoms with Gasteiger partial charge in [-0.2, -0.15) is 0 Å². The summed E-state index contributed by atoms with van der Waals surface area (Å²) in [6.07, 6.45) is 2.31. The fourth-order valence-electron chi connectivity index (χ4n) is 2.77. The molecule has 2 rings (SSSR count). The fourth-order valence-corrected chi connectivity index (χ4v) is 2.77. The van der Waals surface area contributed by atoms with Crippen LogP contribution in [0.25, 0.3) is 0 Å². The molecule has 136 valence electrons. The minimum Gasteiger partial charge on any atom is -0.354 e. The summed E-state index contributed by atoms with van der Waals surface area (Å²) in [6, 6.07) is 20.7. The molecule has 0 saturated carbocycles. The molecule has 0 saturated heterocycles. The van der Waals surface area contributed by atoms with Gasteiger partial charge < -0.3 is 11.1 Å². The molecule has 2 aromatic carbocycles. The lowest BCUT2D eigenvalue weighted by Crippen LogP contribution is -2.45. The van der Waals surface area contributed by atoms with Crippen molar-refractivity contribution in [2.75, 3.05) is 6.54 Å². The van der Waals surface area contributed by atoms with E-state index in [1.54, 1.807) is 0 Å². The van der Waals surface area contributed by atoms with Gasteiger partial charge in [-0.05, 0) is 43.7 Å². The zero-order valence-electron chi connectivity index (χ0n) is 15.1. The summed E-state index contributed by atoms with van der Waals surface area (Å²) in [5.41, 5.74) is 8.10. The smallest absolute Gasteiger partial charge is 0.220 e. The highest BCUT2D eigenvalue weighted by atomic mass is 35.5. The molecule has 3 nitrogen and oxygen atoms in total. The highest BCUT2D eigenvalue weighted by Gasteiger charge is 2.17. The van der Waals surface area contributed by atoms with Crippen LogP contribution in [0.5, 0.6) is 0 Å². The minimum atomic E-state index is -0.385. The maximum Gasteiger partial charge on any atom is 0.220 e. The van der Waals surface area contributed by atoms with E-state index in [4.69, 9.17) is 5.73 Å². The van der Waals surface area contributed by atoms with E-state index >= 15 is 0 Å². The Morgan fingerprint density at radius 2 is 1.40 bits per heavy atom. The first-order chi connectivity index (χ1) is 11.4. The van der Waals surface area contributed by atoms with Gasteiger partial charge in [-0.15, -0.1) is 12.4 Å². The second kappa shape index (κ2) is 10.2. The highest BCUT2D eigenvalue weighted by Crippen LogP contribution is 2.18. The molecule has 25 heavy (non-hydrogen) atoms. The summed E-state index contributed by atoms with van der Waals surface area (Å²) >= 11 is 0. The molecule has 0 spiro atoms. The number of hydrogen-bond donors (Lipinski definition) is 2. The molecule has 2 aromatic rings. The van der Waals surface area contributed by atoms with Gasteiger partial charge >= 0.3 is 0 Å². The van der Waals surface area contributed by atoms with Gasteiger partial charge in [0.15, 0.2) is 0 Å². The van der Waals surface area contributed by atoms with Gasteiger partial charge in [-0.1, -0.05) is 60.7 Å². The number of carbonyl (C=O) groups is 1. The van der Waals surface area contributed by atoms with E-state index in [1.165, 1.54) is 11.1 Å². The first-order valence-electron chi connectivity index (χ1n) is 8.56. The summed E-state index contributed by atoms with van der Waals surface area (Å²) in [4.78, 5) is 12.3. The number of hydrogen-bond acceptors (Lipinski definition) is 2. The Morgan fingerprint density at radius 3 is 1.80 bits per heavy atom. The first-order valence-corrected chi connectivity index (χ1v) is 8.56. The number of nitrogens with one attached hydrogen (secondary N) is 1. The van der Waals surface area contributed by atoms with Crippen LogP contribution < -0.4 is 11.1 Å². The van der Waals surface area contributed by atoms with Crippen LogP contribution in [0.3, 0.4) is 0 Å². The van der Waals surface area contributed by atoms with Crippen LogP contribution in [-0.2, 0) is 17.6 Å². The van der Waals surface area contributed by atoms with E-state index in [0.29, 0.717) is 13.0 Å². The fraction of sp³-hybridized carbons (Fsp3) is 0.381. The minimum absolute atomic E-state index is 0. The Morgan fingerprint density at radius 1 is 0.960 bits per heavy atom. The average Bonchev–Trinajstić information content (AvgIpc) is 2.54. The predicted octanol–water partition coefficient (Wildman–Crippen LogP) is 3.75. The lowest BCUT2D eigenvalue weighted by molar-refractivity contribution is -0.122. The monoisotopic (exact) mass is 360 g/mol. The van der Waals surface area contributed by atoms with Crippen molar-refractivity contribution in [1.82, 2.24) is 5.32 Å². The van der Waals surface area contributed by atoms with Crippen molar-refractivity contribution in [3.8, 4) is 0 Å².